The van der Waals surface area contributed by atoms with Crippen molar-refractivity contribution < 1.29 is 4.79 Å². The Hall–Kier alpha value is -2.37. The molecule has 3 aromatic rings. The standard InChI is InChI=1S/C21H20N2OS2/c1-15-6-7-17(26-15)8-9-21(24)22-18-4-2-3-5-19(18)23-12-10-20-16(14-23)11-13-25-20/h2-9,11,13H,10,12,14H2,1H3,(H,22,24). The molecule has 0 spiro atoms. The molecule has 26 heavy (non-hydrogen) atoms. The van der Waals surface area contributed by atoms with E-state index in [0.29, 0.717) is 0 Å². The number of hydrogen-bond donors (Lipinski definition) is 1. The third kappa shape index (κ3) is 3.74. The van der Waals surface area contributed by atoms with Crippen LogP contribution in [0.1, 0.15) is 20.2 Å². The van der Waals surface area contributed by atoms with E-state index >= 15 is 0 Å². The lowest BCUT2D eigenvalue weighted by molar-refractivity contribution is -0.111. The second kappa shape index (κ2) is 7.48. The van der Waals surface area contributed by atoms with Gasteiger partial charge in [0, 0.05) is 33.8 Å². The Morgan fingerprint density at radius 3 is 2.92 bits per heavy atom. The van der Waals surface area contributed by atoms with Crippen molar-refractivity contribution in [1.82, 2.24) is 0 Å². The summed E-state index contributed by atoms with van der Waals surface area (Å²) >= 11 is 3.52. The van der Waals surface area contributed by atoms with E-state index in [4.69, 9.17) is 0 Å². The van der Waals surface area contributed by atoms with Crippen molar-refractivity contribution in [2.75, 3.05) is 16.8 Å². The first-order valence-corrected chi connectivity index (χ1v) is 10.3. The molecule has 1 aromatic carbocycles. The highest BCUT2D eigenvalue weighted by atomic mass is 32.1. The first-order valence-electron chi connectivity index (χ1n) is 8.64. The molecule has 0 fully saturated rings. The maximum Gasteiger partial charge on any atom is 0.248 e. The third-order valence-corrected chi connectivity index (χ3v) is 6.46. The molecular formula is C21H20N2OS2. The van der Waals surface area contributed by atoms with Gasteiger partial charge in [-0.25, -0.2) is 0 Å². The zero-order valence-electron chi connectivity index (χ0n) is 14.6. The van der Waals surface area contributed by atoms with E-state index < -0.39 is 0 Å². The fourth-order valence-electron chi connectivity index (χ4n) is 3.18. The quantitative estimate of drug-likeness (QED) is 0.620. The molecule has 0 atom stereocenters. The first kappa shape index (κ1) is 17.1. The number of anilines is 2. The summed E-state index contributed by atoms with van der Waals surface area (Å²) in [5.41, 5.74) is 3.34. The second-order valence-electron chi connectivity index (χ2n) is 6.33. The van der Waals surface area contributed by atoms with Gasteiger partial charge < -0.3 is 10.2 Å². The average molecular weight is 381 g/mol. The van der Waals surface area contributed by atoms with Gasteiger partial charge in [-0.2, -0.15) is 0 Å². The number of hydrogen-bond acceptors (Lipinski definition) is 4. The smallest absolute Gasteiger partial charge is 0.248 e. The number of fused-ring (bicyclic) bond motifs is 1. The van der Waals surface area contributed by atoms with Crippen LogP contribution >= 0.6 is 22.7 Å². The van der Waals surface area contributed by atoms with Gasteiger partial charge in [-0.3, -0.25) is 4.79 Å². The highest BCUT2D eigenvalue weighted by Crippen LogP contribution is 2.32. The van der Waals surface area contributed by atoms with Crippen molar-refractivity contribution in [3.63, 3.8) is 0 Å². The molecule has 5 heteroatoms. The molecule has 0 bridgehead atoms. The van der Waals surface area contributed by atoms with Crippen LogP contribution in [0.25, 0.3) is 6.08 Å². The zero-order valence-corrected chi connectivity index (χ0v) is 16.2. The number of nitrogens with one attached hydrogen (secondary N) is 1. The largest absolute Gasteiger partial charge is 0.365 e. The lowest BCUT2D eigenvalue weighted by Gasteiger charge is -2.30. The lowest BCUT2D eigenvalue weighted by Crippen LogP contribution is -2.30. The summed E-state index contributed by atoms with van der Waals surface area (Å²) in [6, 6.07) is 14.3. The van der Waals surface area contributed by atoms with Crippen LogP contribution in [0.15, 0.2) is 53.9 Å². The highest BCUT2D eigenvalue weighted by molar-refractivity contribution is 7.12. The molecule has 1 aliphatic heterocycles. The molecule has 1 amide bonds. The molecule has 0 unspecified atom stereocenters. The number of benzene rings is 1. The van der Waals surface area contributed by atoms with E-state index in [1.807, 2.05) is 41.7 Å². The van der Waals surface area contributed by atoms with Gasteiger partial charge in [-0.1, -0.05) is 12.1 Å². The minimum Gasteiger partial charge on any atom is -0.365 e. The number of carbonyl (C=O) groups excluding carboxylic acids is 1. The minimum atomic E-state index is -0.100. The van der Waals surface area contributed by atoms with Crippen LogP contribution in [0.4, 0.5) is 11.4 Å². The Bertz CT molecular complexity index is 954. The van der Waals surface area contributed by atoms with Gasteiger partial charge in [-0.15, -0.1) is 22.7 Å². The molecule has 1 N–H and O–H groups in total. The van der Waals surface area contributed by atoms with Crippen molar-refractivity contribution in [2.24, 2.45) is 0 Å². The van der Waals surface area contributed by atoms with Crippen molar-refractivity contribution >= 4 is 46.0 Å². The maximum absolute atomic E-state index is 12.4. The predicted molar refractivity (Wildman–Crippen MR) is 112 cm³/mol. The molecule has 3 nitrogen and oxygen atoms in total. The van der Waals surface area contributed by atoms with E-state index in [1.165, 1.54) is 15.3 Å². The monoisotopic (exact) mass is 380 g/mol. The normalized spacial score (nSPS) is 13.8. The Labute approximate surface area is 161 Å². The van der Waals surface area contributed by atoms with Crippen LogP contribution in [-0.4, -0.2) is 12.5 Å². The van der Waals surface area contributed by atoms with Crippen LogP contribution in [0.3, 0.4) is 0 Å². The minimum absolute atomic E-state index is 0.100. The van der Waals surface area contributed by atoms with Crippen molar-refractivity contribution in [3.05, 3.63) is 74.1 Å². The maximum atomic E-state index is 12.4. The van der Waals surface area contributed by atoms with E-state index in [0.717, 1.165) is 35.8 Å². The third-order valence-electron chi connectivity index (χ3n) is 4.47. The Morgan fingerprint density at radius 2 is 2.08 bits per heavy atom. The van der Waals surface area contributed by atoms with Crippen LogP contribution in [0, 0.1) is 6.92 Å². The zero-order chi connectivity index (χ0) is 17.9. The van der Waals surface area contributed by atoms with Gasteiger partial charge in [0.05, 0.1) is 11.4 Å². The number of rotatable bonds is 4. The SMILES string of the molecule is Cc1ccc(C=CC(=O)Nc2ccccc2N2CCc3sccc3C2)s1. The van der Waals surface area contributed by atoms with Crippen LogP contribution < -0.4 is 10.2 Å². The molecule has 3 heterocycles. The molecule has 132 valence electrons. The number of aryl methyl sites for hydroxylation is 1. The summed E-state index contributed by atoms with van der Waals surface area (Å²) in [6.45, 7) is 3.94. The lowest BCUT2D eigenvalue weighted by atomic mass is 10.1. The Kier molecular flexibility index (Phi) is 4.91. The summed E-state index contributed by atoms with van der Waals surface area (Å²) in [7, 11) is 0. The second-order valence-corrected chi connectivity index (χ2v) is 8.65. The molecule has 0 aliphatic carbocycles. The number of para-hydroxylation sites is 2. The first-order chi connectivity index (χ1) is 12.7. The topological polar surface area (TPSA) is 32.3 Å². The van der Waals surface area contributed by atoms with Crippen molar-refractivity contribution in [1.29, 1.82) is 0 Å². The van der Waals surface area contributed by atoms with E-state index in [-0.39, 0.29) is 5.91 Å². The molecular weight excluding hydrogens is 360 g/mol. The van der Waals surface area contributed by atoms with Gasteiger partial charge in [0.2, 0.25) is 5.91 Å². The Balaban J connectivity index is 1.49. The van der Waals surface area contributed by atoms with Gasteiger partial charge in [0.25, 0.3) is 0 Å². The van der Waals surface area contributed by atoms with Gasteiger partial charge in [0.15, 0.2) is 0 Å². The van der Waals surface area contributed by atoms with E-state index in [1.54, 1.807) is 17.4 Å². The summed E-state index contributed by atoms with van der Waals surface area (Å²) in [6.07, 6.45) is 4.54. The molecule has 0 saturated carbocycles. The van der Waals surface area contributed by atoms with Gasteiger partial charge >= 0.3 is 0 Å². The van der Waals surface area contributed by atoms with Gasteiger partial charge in [-0.05, 0) is 60.7 Å². The van der Waals surface area contributed by atoms with E-state index in [9.17, 15) is 4.79 Å². The fraction of sp³-hybridized carbons (Fsp3) is 0.190. The molecule has 0 saturated heterocycles. The van der Waals surface area contributed by atoms with Crippen LogP contribution in [-0.2, 0) is 17.8 Å². The molecule has 4 rings (SSSR count). The van der Waals surface area contributed by atoms with Crippen LogP contribution in [0.5, 0.6) is 0 Å². The van der Waals surface area contributed by atoms with Crippen LogP contribution in [0.2, 0.25) is 0 Å². The highest BCUT2D eigenvalue weighted by Gasteiger charge is 2.19. The molecule has 0 radical (unpaired) electrons. The molecule has 1 aliphatic rings. The summed E-state index contributed by atoms with van der Waals surface area (Å²) in [5, 5.41) is 5.21. The van der Waals surface area contributed by atoms with Crippen molar-refractivity contribution in [3.8, 4) is 0 Å². The van der Waals surface area contributed by atoms with Crippen molar-refractivity contribution in [2.45, 2.75) is 19.9 Å². The summed E-state index contributed by atoms with van der Waals surface area (Å²) in [4.78, 5) is 18.5. The van der Waals surface area contributed by atoms with Gasteiger partial charge in [0.1, 0.15) is 0 Å². The Morgan fingerprint density at radius 1 is 1.19 bits per heavy atom. The average Bonchev–Trinajstić information content (AvgIpc) is 3.28. The summed E-state index contributed by atoms with van der Waals surface area (Å²) < 4.78 is 0. The number of amides is 1. The fourth-order valence-corrected chi connectivity index (χ4v) is 4.85. The summed E-state index contributed by atoms with van der Waals surface area (Å²) in [5.74, 6) is -0.100. The number of nitrogens with zero attached hydrogens (tertiary/aromatic N) is 1. The predicted octanol–water partition coefficient (Wildman–Crippen LogP) is 5.33. The van der Waals surface area contributed by atoms with E-state index in [2.05, 4.69) is 40.7 Å². The number of thiophene rings is 2. The molecule has 2 aromatic heterocycles. The number of carbonyl (C=O) groups is 1.